The van der Waals surface area contributed by atoms with Crippen LogP contribution >= 0.6 is 15.9 Å². The Balaban J connectivity index is 2.10. The molecular weight excluding hydrogens is 274 g/mol. The Morgan fingerprint density at radius 3 is 2.88 bits per heavy atom. The van der Waals surface area contributed by atoms with E-state index in [0.717, 1.165) is 0 Å². The van der Waals surface area contributed by atoms with E-state index in [1.165, 1.54) is 0 Å². The summed E-state index contributed by atoms with van der Waals surface area (Å²) in [5.74, 6) is 0.341. The number of anilines is 1. The average molecular weight is 282 g/mol. The van der Waals surface area contributed by atoms with Crippen molar-refractivity contribution >= 4 is 27.5 Å². The standard InChI is InChI=1S/C9H8BrN5O/c1-5-12-8(15-14-5)9(16)13-6-2-3-7(10)11-4-6/h2-4H,1H3,(H,13,16)(H,12,14,15). The zero-order valence-corrected chi connectivity index (χ0v) is 9.95. The summed E-state index contributed by atoms with van der Waals surface area (Å²) in [6.07, 6.45) is 1.54. The smallest absolute Gasteiger partial charge is 0.295 e. The van der Waals surface area contributed by atoms with Gasteiger partial charge in [0.1, 0.15) is 10.4 Å². The third kappa shape index (κ3) is 2.43. The first-order valence-corrected chi connectivity index (χ1v) is 5.26. The predicted octanol–water partition coefficient (Wildman–Crippen LogP) is 1.52. The molecule has 6 nitrogen and oxygen atoms in total. The summed E-state index contributed by atoms with van der Waals surface area (Å²) >= 11 is 3.21. The van der Waals surface area contributed by atoms with Gasteiger partial charge in [-0.1, -0.05) is 0 Å². The van der Waals surface area contributed by atoms with Crippen LogP contribution in [0.4, 0.5) is 5.69 Å². The summed E-state index contributed by atoms with van der Waals surface area (Å²) in [5.41, 5.74) is 0.593. The molecule has 1 amide bonds. The number of nitrogens with one attached hydrogen (secondary N) is 2. The van der Waals surface area contributed by atoms with Gasteiger partial charge in [0.25, 0.3) is 5.91 Å². The highest BCUT2D eigenvalue weighted by Crippen LogP contribution is 2.10. The highest BCUT2D eigenvalue weighted by atomic mass is 79.9. The van der Waals surface area contributed by atoms with Gasteiger partial charge in [-0.05, 0) is 35.0 Å². The van der Waals surface area contributed by atoms with Gasteiger partial charge in [0.2, 0.25) is 5.82 Å². The van der Waals surface area contributed by atoms with Crippen LogP contribution in [0, 0.1) is 6.92 Å². The first kappa shape index (κ1) is 10.7. The highest BCUT2D eigenvalue weighted by molar-refractivity contribution is 9.10. The number of carbonyl (C=O) groups is 1. The number of hydrogen-bond acceptors (Lipinski definition) is 4. The van der Waals surface area contributed by atoms with E-state index in [-0.39, 0.29) is 11.7 Å². The molecule has 7 heteroatoms. The van der Waals surface area contributed by atoms with Crippen molar-refractivity contribution in [1.82, 2.24) is 20.2 Å². The van der Waals surface area contributed by atoms with Crippen LogP contribution in [0.5, 0.6) is 0 Å². The zero-order valence-electron chi connectivity index (χ0n) is 8.36. The lowest BCUT2D eigenvalue weighted by Gasteiger charge is -2.00. The van der Waals surface area contributed by atoms with Gasteiger partial charge in [0.05, 0.1) is 11.9 Å². The molecule has 2 N–H and O–H groups in total. The number of carbonyl (C=O) groups excluding carboxylic acids is 1. The molecule has 0 saturated heterocycles. The fourth-order valence-corrected chi connectivity index (χ4v) is 1.32. The summed E-state index contributed by atoms with van der Waals surface area (Å²) in [4.78, 5) is 19.5. The number of aromatic amines is 1. The van der Waals surface area contributed by atoms with Gasteiger partial charge in [-0.15, -0.1) is 5.10 Å². The molecule has 0 aliphatic rings. The molecule has 0 fully saturated rings. The minimum atomic E-state index is -0.367. The molecule has 2 aromatic heterocycles. The molecule has 2 aromatic rings. The van der Waals surface area contributed by atoms with Crippen LogP contribution in [0.1, 0.15) is 16.4 Å². The van der Waals surface area contributed by atoms with Gasteiger partial charge in [0.15, 0.2) is 0 Å². The predicted molar refractivity (Wildman–Crippen MR) is 61.0 cm³/mol. The van der Waals surface area contributed by atoms with Gasteiger partial charge in [-0.25, -0.2) is 9.97 Å². The van der Waals surface area contributed by atoms with Crippen molar-refractivity contribution < 1.29 is 4.79 Å². The number of aryl methyl sites for hydroxylation is 1. The number of nitrogens with zero attached hydrogens (tertiary/aromatic N) is 3. The molecule has 0 bridgehead atoms. The highest BCUT2D eigenvalue weighted by Gasteiger charge is 2.11. The SMILES string of the molecule is Cc1nc(C(=O)Nc2ccc(Br)nc2)n[nH]1. The fraction of sp³-hybridized carbons (Fsp3) is 0.111. The third-order valence-corrected chi connectivity index (χ3v) is 2.25. The van der Waals surface area contributed by atoms with E-state index in [1.807, 2.05) is 0 Å². The molecule has 82 valence electrons. The van der Waals surface area contributed by atoms with Crippen LogP contribution < -0.4 is 5.32 Å². The molecule has 0 aliphatic carbocycles. The summed E-state index contributed by atoms with van der Waals surface area (Å²) in [7, 11) is 0. The zero-order chi connectivity index (χ0) is 11.5. The topological polar surface area (TPSA) is 83.6 Å². The third-order valence-electron chi connectivity index (χ3n) is 1.79. The second kappa shape index (κ2) is 4.40. The summed E-state index contributed by atoms with van der Waals surface area (Å²) in [6, 6.07) is 3.47. The lowest BCUT2D eigenvalue weighted by atomic mass is 10.4. The molecule has 0 atom stereocenters. The maximum absolute atomic E-state index is 11.6. The van der Waals surface area contributed by atoms with Gasteiger partial charge in [0, 0.05) is 0 Å². The summed E-state index contributed by atoms with van der Waals surface area (Å²) in [5, 5.41) is 8.98. The van der Waals surface area contributed by atoms with Crippen molar-refractivity contribution in [2.24, 2.45) is 0 Å². The number of aromatic nitrogens is 4. The van der Waals surface area contributed by atoms with E-state index in [1.54, 1.807) is 25.3 Å². The molecular formula is C9H8BrN5O. The van der Waals surface area contributed by atoms with Crippen LogP contribution in [0.2, 0.25) is 0 Å². The van der Waals surface area contributed by atoms with Gasteiger partial charge >= 0.3 is 0 Å². The molecule has 2 rings (SSSR count). The largest absolute Gasteiger partial charge is 0.318 e. The van der Waals surface area contributed by atoms with E-state index in [2.05, 4.69) is 41.4 Å². The quantitative estimate of drug-likeness (QED) is 0.818. The molecule has 0 aliphatic heterocycles. The van der Waals surface area contributed by atoms with Crippen molar-refractivity contribution in [3.8, 4) is 0 Å². The number of amides is 1. The van der Waals surface area contributed by atoms with Gasteiger partial charge in [-0.3, -0.25) is 9.89 Å². The van der Waals surface area contributed by atoms with Gasteiger partial charge in [-0.2, -0.15) is 0 Å². The Kier molecular flexibility index (Phi) is 2.95. The first-order valence-electron chi connectivity index (χ1n) is 4.47. The van der Waals surface area contributed by atoms with Crippen LogP contribution in [0.15, 0.2) is 22.9 Å². The average Bonchev–Trinajstić information content (AvgIpc) is 2.68. The Bertz CT molecular complexity index is 507. The molecule has 0 saturated carbocycles. The van der Waals surface area contributed by atoms with Crippen LogP contribution in [0.3, 0.4) is 0 Å². The maximum Gasteiger partial charge on any atom is 0.295 e. The van der Waals surface area contributed by atoms with E-state index >= 15 is 0 Å². The molecule has 16 heavy (non-hydrogen) atoms. The van der Waals surface area contributed by atoms with Crippen LogP contribution in [-0.4, -0.2) is 26.1 Å². The molecule has 0 unspecified atom stereocenters. The monoisotopic (exact) mass is 281 g/mol. The number of halogens is 1. The summed E-state index contributed by atoms with van der Waals surface area (Å²) in [6.45, 7) is 1.73. The van der Waals surface area contributed by atoms with E-state index in [4.69, 9.17) is 0 Å². The van der Waals surface area contributed by atoms with Crippen molar-refractivity contribution in [2.45, 2.75) is 6.92 Å². The lowest BCUT2D eigenvalue weighted by molar-refractivity contribution is 0.101. The maximum atomic E-state index is 11.6. The number of hydrogen-bond donors (Lipinski definition) is 2. The lowest BCUT2D eigenvalue weighted by Crippen LogP contribution is -2.13. The molecule has 0 radical (unpaired) electrons. The number of pyridine rings is 1. The van der Waals surface area contributed by atoms with E-state index in [9.17, 15) is 4.79 Å². The molecule has 0 aromatic carbocycles. The molecule has 0 spiro atoms. The van der Waals surface area contributed by atoms with Gasteiger partial charge < -0.3 is 5.32 Å². The van der Waals surface area contributed by atoms with Crippen LogP contribution in [0.25, 0.3) is 0 Å². The molecule has 2 heterocycles. The Morgan fingerprint density at radius 1 is 1.50 bits per heavy atom. The Morgan fingerprint density at radius 2 is 2.31 bits per heavy atom. The van der Waals surface area contributed by atoms with Crippen molar-refractivity contribution in [1.29, 1.82) is 0 Å². The second-order valence-electron chi connectivity index (χ2n) is 3.07. The van der Waals surface area contributed by atoms with E-state index in [0.29, 0.717) is 16.1 Å². The van der Waals surface area contributed by atoms with Crippen LogP contribution in [-0.2, 0) is 0 Å². The second-order valence-corrected chi connectivity index (χ2v) is 3.88. The normalized spacial score (nSPS) is 10.1. The Labute approximate surface area is 99.6 Å². The number of rotatable bonds is 2. The van der Waals surface area contributed by atoms with Crippen molar-refractivity contribution in [2.75, 3.05) is 5.32 Å². The number of H-pyrrole nitrogens is 1. The minimum Gasteiger partial charge on any atom is -0.318 e. The van der Waals surface area contributed by atoms with Crippen molar-refractivity contribution in [3.63, 3.8) is 0 Å². The summed E-state index contributed by atoms with van der Waals surface area (Å²) < 4.78 is 0.708. The van der Waals surface area contributed by atoms with Crippen molar-refractivity contribution in [3.05, 3.63) is 34.6 Å². The first-order chi connectivity index (χ1) is 7.65. The fourth-order valence-electron chi connectivity index (χ4n) is 1.08. The Hall–Kier alpha value is -1.76. The van der Waals surface area contributed by atoms with E-state index < -0.39 is 0 Å². The minimum absolute atomic E-state index is 0.111.